The number of allylic oxidation sites excluding steroid dienone is 3. The van der Waals surface area contributed by atoms with Crippen LogP contribution in [-0.2, 0) is 0 Å². The molecule has 0 aromatic heterocycles. The molecule has 0 aliphatic carbocycles. The maximum atomic E-state index is 5.45. The lowest BCUT2D eigenvalue weighted by Gasteiger charge is -1.93. The molecule has 0 rings (SSSR count). The van der Waals surface area contributed by atoms with E-state index in [0.717, 1.165) is 11.3 Å². The fourth-order valence-electron chi connectivity index (χ4n) is 0.455. The van der Waals surface area contributed by atoms with E-state index in [1.165, 1.54) is 0 Å². The molecule has 0 unspecified atom stereocenters. The largest absolute Gasteiger partial charge is 0.402 e. The molecule has 2 heteroatoms. The fraction of sp³-hybridized carbons (Fsp3) is 0.286. The molecule has 0 saturated carbocycles. The van der Waals surface area contributed by atoms with Crippen LogP contribution in [0.2, 0.25) is 0 Å². The highest BCUT2D eigenvalue weighted by atomic mass is 14.6. The summed E-state index contributed by atoms with van der Waals surface area (Å²) < 4.78 is 0. The third-order valence-corrected chi connectivity index (χ3v) is 0.943. The molecule has 0 fully saturated rings. The van der Waals surface area contributed by atoms with Crippen LogP contribution in [0.1, 0.15) is 6.92 Å². The minimum atomic E-state index is 0.746. The van der Waals surface area contributed by atoms with Crippen LogP contribution in [0.4, 0.5) is 0 Å². The van der Waals surface area contributed by atoms with Crippen molar-refractivity contribution in [1.82, 2.24) is 0 Å². The van der Waals surface area contributed by atoms with E-state index < -0.39 is 0 Å². The van der Waals surface area contributed by atoms with Crippen LogP contribution in [-0.4, -0.2) is 13.3 Å². The van der Waals surface area contributed by atoms with E-state index in [-0.39, 0.29) is 0 Å². The Hall–Kier alpha value is -1.05. The molecule has 0 bridgehead atoms. The molecule has 2 N–H and O–H groups in total. The maximum absolute atomic E-state index is 5.45. The topological polar surface area (TPSA) is 38.4 Å². The van der Waals surface area contributed by atoms with Crippen LogP contribution in [0.15, 0.2) is 28.9 Å². The van der Waals surface area contributed by atoms with Gasteiger partial charge in [-0.1, -0.05) is 12.7 Å². The zero-order valence-electron chi connectivity index (χ0n) is 5.89. The highest BCUT2D eigenvalue weighted by Crippen LogP contribution is 1.94. The van der Waals surface area contributed by atoms with Crippen molar-refractivity contribution in [3.05, 3.63) is 23.9 Å². The monoisotopic (exact) mass is 124 g/mol. The van der Waals surface area contributed by atoms with Gasteiger partial charge in [0.2, 0.25) is 0 Å². The van der Waals surface area contributed by atoms with Crippen LogP contribution in [0, 0.1) is 0 Å². The molecular formula is C7H12N2. The molecule has 9 heavy (non-hydrogen) atoms. The Labute approximate surface area is 55.8 Å². The second kappa shape index (κ2) is 3.89. The van der Waals surface area contributed by atoms with Crippen LogP contribution < -0.4 is 5.73 Å². The summed E-state index contributed by atoms with van der Waals surface area (Å²) in [6, 6.07) is 0. The molecule has 0 aliphatic heterocycles. The highest BCUT2D eigenvalue weighted by Gasteiger charge is 1.86. The number of nitrogens with zero attached hydrogens (tertiary/aromatic N) is 1. The Morgan fingerprint density at radius 1 is 1.67 bits per heavy atom. The second-order valence-corrected chi connectivity index (χ2v) is 1.73. The van der Waals surface area contributed by atoms with Crippen molar-refractivity contribution >= 4 is 6.21 Å². The van der Waals surface area contributed by atoms with Gasteiger partial charge in [-0.3, -0.25) is 4.99 Å². The van der Waals surface area contributed by atoms with E-state index in [1.807, 2.05) is 6.92 Å². The Balaban J connectivity index is 4.34. The third kappa shape index (κ3) is 2.69. The molecule has 0 spiro atoms. The maximum Gasteiger partial charge on any atom is 0.0298 e. The smallest absolute Gasteiger partial charge is 0.0298 e. The summed E-state index contributed by atoms with van der Waals surface area (Å²) in [5.74, 6) is 0. The molecule has 0 aromatic rings. The van der Waals surface area contributed by atoms with Gasteiger partial charge in [0.25, 0.3) is 0 Å². The molecule has 2 nitrogen and oxygen atoms in total. The zero-order valence-corrected chi connectivity index (χ0v) is 5.89. The quantitative estimate of drug-likeness (QED) is 0.434. The SMILES string of the molecule is C=C/C(C=NC)=C(\C)N. The average molecular weight is 124 g/mol. The minimum absolute atomic E-state index is 0.746. The van der Waals surface area contributed by atoms with E-state index in [9.17, 15) is 0 Å². The Kier molecular flexibility index (Phi) is 3.44. The molecule has 0 radical (unpaired) electrons. The van der Waals surface area contributed by atoms with E-state index in [4.69, 9.17) is 5.73 Å². The standard InChI is InChI=1S/C7H12N2/c1-4-7(5-9-3)6(2)8/h4-5H,1,8H2,2-3H3/b7-6-,9-5?. The van der Waals surface area contributed by atoms with Crippen LogP contribution in [0.3, 0.4) is 0 Å². The van der Waals surface area contributed by atoms with Gasteiger partial charge in [0.1, 0.15) is 0 Å². The van der Waals surface area contributed by atoms with E-state index >= 15 is 0 Å². The lowest BCUT2D eigenvalue weighted by atomic mass is 10.2. The number of hydrogen-bond donors (Lipinski definition) is 1. The van der Waals surface area contributed by atoms with Crippen molar-refractivity contribution in [2.24, 2.45) is 10.7 Å². The Morgan fingerprint density at radius 3 is 2.33 bits per heavy atom. The predicted molar refractivity (Wildman–Crippen MR) is 41.5 cm³/mol. The first-order chi connectivity index (χ1) is 4.22. The first kappa shape index (κ1) is 7.95. The highest BCUT2D eigenvalue weighted by molar-refractivity contribution is 5.82. The lowest BCUT2D eigenvalue weighted by Crippen LogP contribution is -1.96. The van der Waals surface area contributed by atoms with Crippen LogP contribution in [0.5, 0.6) is 0 Å². The van der Waals surface area contributed by atoms with Crippen molar-refractivity contribution in [3.8, 4) is 0 Å². The summed E-state index contributed by atoms with van der Waals surface area (Å²) in [4.78, 5) is 3.79. The van der Waals surface area contributed by atoms with E-state index in [2.05, 4.69) is 11.6 Å². The Bertz CT molecular complexity index is 150. The number of aliphatic imine (C=N–C) groups is 1. The van der Waals surface area contributed by atoms with Crippen LogP contribution >= 0.6 is 0 Å². The summed E-state index contributed by atoms with van der Waals surface area (Å²) in [6.07, 6.45) is 3.37. The van der Waals surface area contributed by atoms with Gasteiger partial charge in [-0.25, -0.2) is 0 Å². The molecule has 0 saturated heterocycles. The molecular weight excluding hydrogens is 112 g/mol. The Morgan fingerprint density at radius 2 is 2.22 bits per heavy atom. The van der Waals surface area contributed by atoms with Crippen molar-refractivity contribution in [1.29, 1.82) is 0 Å². The van der Waals surface area contributed by atoms with Crippen molar-refractivity contribution in [2.45, 2.75) is 6.92 Å². The zero-order chi connectivity index (χ0) is 7.28. The third-order valence-electron chi connectivity index (χ3n) is 0.943. The number of hydrogen-bond acceptors (Lipinski definition) is 2. The van der Waals surface area contributed by atoms with Gasteiger partial charge in [0.15, 0.2) is 0 Å². The van der Waals surface area contributed by atoms with Crippen molar-refractivity contribution < 1.29 is 0 Å². The van der Waals surface area contributed by atoms with Gasteiger partial charge in [0.05, 0.1) is 0 Å². The lowest BCUT2D eigenvalue weighted by molar-refractivity contribution is 1.29. The summed E-state index contributed by atoms with van der Waals surface area (Å²) in [7, 11) is 1.70. The van der Waals surface area contributed by atoms with Crippen molar-refractivity contribution in [3.63, 3.8) is 0 Å². The van der Waals surface area contributed by atoms with Gasteiger partial charge in [0, 0.05) is 24.5 Å². The van der Waals surface area contributed by atoms with Gasteiger partial charge in [-0.15, -0.1) is 0 Å². The minimum Gasteiger partial charge on any atom is -0.402 e. The van der Waals surface area contributed by atoms with Gasteiger partial charge >= 0.3 is 0 Å². The van der Waals surface area contributed by atoms with Crippen LogP contribution in [0.25, 0.3) is 0 Å². The summed E-state index contributed by atoms with van der Waals surface area (Å²) in [6.45, 7) is 5.39. The first-order valence-electron chi connectivity index (χ1n) is 2.73. The van der Waals surface area contributed by atoms with Gasteiger partial charge in [-0.2, -0.15) is 0 Å². The fourth-order valence-corrected chi connectivity index (χ4v) is 0.455. The molecule has 0 aliphatic rings. The van der Waals surface area contributed by atoms with E-state index in [1.54, 1.807) is 19.3 Å². The van der Waals surface area contributed by atoms with Crippen molar-refractivity contribution in [2.75, 3.05) is 7.05 Å². The second-order valence-electron chi connectivity index (χ2n) is 1.73. The molecule has 50 valence electrons. The molecule has 0 heterocycles. The van der Waals surface area contributed by atoms with Gasteiger partial charge in [-0.05, 0) is 6.92 Å². The summed E-state index contributed by atoms with van der Waals surface area (Å²) in [5, 5.41) is 0. The predicted octanol–water partition coefficient (Wildman–Crippen LogP) is 1.11. The normalized spacial score (nSPS) is 13.6. The molecule has 0 amide bonds. The molecule has 0 atom stereocenters. The van der Waals surface area contributed by atoms with E-state index in [0.29, 0.717) is 0 Å². The summed E-state index contributed by atoms with van der Waals surface area (Å²) >= 11 is 0. The molecule has 0 aromatic carbocycles. The number of nitrogens with two attached hydrogens (primary N) is 1. The van der Waals surface area contributed by atoms with Gasteiger partial charge < -0.3 is 5.73 Å². The first-order valence-corrected chi connectivity index (χ1v) is 2.73. The number of rotatable bonds is 2. The summed E-state index contributed by atoms with van der Waals surface area (Å²) in [5.41, 5.74) is 7.08. The average Bonchev–Trinajstić information content (AvgIpc) is 1.82.